The number of rotatable bonds is 3. The van der Waals surface area contributed by atoms with E-state index in [9.17, 15) is 14.4 Å². The Labute approximate surface area is 125 Å². The number of amides is 1. The second-order valence-electron chi connectivity index (χ2n) is 4.85. The van der Waals surface area contributed by atoms with Crippen molar-refractivity contribution in [3.8, 4) is 0 Å². The number of benzene rings is 1. The minimum atomic E-state index is -0.332. The maximum atomic E-state index is 13.3. The Hall–Kier alpha value is -2.96. The van der Waals surface area contributed by atoms with Crippen LogP contribution < -0.4 is 10.0 Å². The molecule has 0 fully saturated rings. The van der Waals surface area contributed by atoms with E-state index in [2.05, 4.69) is 10.3 Å². The molecule has 6 nitrogen and oxygen atoms in total. The van der Waals surface area contributed by atoms with E-state index < -0.39 is 0 Å². The highest BCUT2D eigenvalue weighted by Gasteiger charge is 2.11. The zero-order chi connectivity index (χ0) is 15.7. The van der Waals surface area contributed by atoms with E-state index in [-0.39, 0.29) is 18.3 Å². The average Bonchev–Trinajstić information content (AvgIpc) is 2.82. The Bertz CT molecular complexity index is 843. The summed E-state index contributed by atoms with van der Waals surface area (Å²) in [4.78, 5) is 16.4. The molecule has 7 heteroatoms. The molecule has 0 unspecified atom stereocenters. The molecule has 1 aromatic carbocycles. The molecule has 0 aliphatic rings. The van der Waals surface area contributed by atoms with Crippen molar-refractivity contribution in [2.75, 3.05) is 0 Å². The van der Waals surface area contributed by atoms with Crippen LogP contribution in [0, 0.1) is 11.0 Å². The second-order valence-corrected chi connectivity index (χ2v) is 4.85. The maximum absolute atomic E-state index is 13.3. The predicted octanol–water partition coefficient (Wildman–Crippen LogP) is 1.28. The van der Waals surface area contributed by atoms with Crippen LogP contribution >= 0.6 is 0 Å². The van der Waals surface area contributed by atoms with E-state index in [1.54, 1.807) is 17.7 Å². The fourth-order valence-corrected chi connectivity index (χ4v) is 2.20. The van der Waals surface area contributed by atoms with Gasteiger partial charge in [0.2, 0.25) is 0 Å². The number of hydrogen-bond acceptors (Lipinski definition) is 3. The standard InChI is InChI=1S/C15H13FN4O2/c1-19-13-8-11(16)2-3-12(13)18-14(19)9-17-15(21)10-4-6-20(22)7-5-10/h2-8H,9H2,1H3,(H,17,21). The first-order chi connectivity index (χ1) is 10.5. The summed E-state index contributed by atoms with van der Waals surface area (Å²) in [5.41, 5.74) is 1.72. The summed E-state index contributed by atoms with van der Waals surface area (Å²) in [7, 11) is 1.76. The normalized spacial score (nSPS) is 10.8. The van der Waals surface area contributed by atoms with Crippen LogP contribution in [0.3, 0.4) is 0 Å². The number of fused-ring (bicyclic) bond motifs is 1. The molecule has 2 aromatic heterocycles. The van der Waals surface area contributed by atoms with Crippen molar-refractivity contribution in [1.29, 1.82) is 0 Å². The second kappa shape index (κ2) is 5.44. The molecule has 3 aromatic rings. The molecule has 0 aliphatic carbocycles. The number of hydrogen-bond donors (Lipinski definition) is 1. The molecule has 0 radical (unpaired) electrons. The van der Waals surface area contributed by atoms with Crippen LogP contribution in [0.1, 0.15) is 16.2 Å². The summed E-state index contributed by atoms with van der Waals surface area (Å²) in [6.07, 6.45) is 2.51. The van der Waals surface area contributed by atoms with E-state index >= 15 is 0 Å². The Balaban J connectivity index is 1.77. The van der Waals surface area contributed by atoms with E-state index in [1.165, 1.54) is 36.7 Å². The highest BCUT2D eigenvalue weighted by atomic mass is 19.1. The summed E-state index contributed by atoms with van der Waals surface area (Å²) in [5, 5.41) is 13.7. The quantitative estimate of drug-likeness (QED) is 0.585. The van der Waals surface area contributed by atoms with E-state index in [1.807, 2.05) is 0 Å². The lowest BCUT2D eigenvalue weighted by Gasteiger charge is -2.05. The minimum absolute atomic E-state index is 0.206. The third-order valence-corrected chi connectivity index (χ3v) is 3.41. The molecule has 0 saturated heterocycles. The first-order valence-corrected chi connectivity index (χ1v) is 6.62. The number of imidazole rings is 1. The third kappa shape index (κ3) is 2.60. The lowest BCUT2D eigenvalue weighted by molar-refractivity contribution is -0.605. The SMILES string of the molecule is Cn1c(CNC(=O)c2cc[n+]([O-])cc2)nc2ccc(F)cc21. The van der Waals surface area contributed by atoms with Crippen molar-refractivity contribution >= 4 is 16.9 Å². The number of carbonyl (C=O) groups is 1. The molecular weight excluding hydrogens is 287 g/mol. The molecule has 0 atom stereocenters. The van der Waals surface area contributed by atoms with Crippen molar-refractivity contribution in [3.63, 3.8) is 0 Å². The van der Waals surface area contributed by atoms with Crippen LogP contribution in [-0.2, 0) is 13.6 Å². The Morgan fingerprint density at radius 3 is 2.82 bits per heavy atom. The highest BCUT2D eigenvalue weighted by Crippen LogP contribution is 2.16. The number of nitrogens with one attached hydrogen (secondary N) is 1. The number of aryl methyl sites for hydroxylation is 1. The van der Waals surface area contributed by atoms with Crippen LogP contribution in [0.2, 0.25) is 0 Å². The van der Waals surface area contributed by atoms with Crippen LogP contribution in [0.4, 0.5) is 4.39 Å². The van der Waals surface area contributed by atoms with Crippen molar-refractivity contribution in [2.45, 2.75) is 6.54 Å². The fourth-order valence-electron chi connectivity index (χ4n) is 2.20. The summed E-state index contributed by atoms with van der Waals surface area (Å²) in [5.74, 6) is -0.0242. The zero-order valence-corrected chi connectivity index (χ0v) is 11.8. The largest absolute Gasteiger partial charge is 0.619 e. The minimum Gasteiger partial charge on any atom is -0.619 e. The first kappa shape index (κ1) is 14.0. The van der Waals surface area contributed by atoms with Crippen LogP contribution in [-0.4, -0.2) is 15.5 Å². The molecule has 2 heterocycles. The van der Waals surface area contributed by atoms with Gasteiger partial charge in [-0.3, -0.25) is 4.79 Å². The van der Waals surface area contributed by atoms with Crippen molar-refractivity contribution in [2.24, 2.45) is 7.05 Å². The van der Waals surface area contributed by atoms with E-state index in [4.69, 9.17) is 0 Å². The number of pyridine rings is 1. The van der Waals surface area contributed by atoms with Gasteiger partial charge in [-0.05, 0) is 18.2 Å². The number of nitrogens with zero attached hydrogens (tertiary/aromatic N) is 3. The topological polar surface area (TPSA) is 73.9 Å². The van der Waals surface area contributed by atoms with Crippen molar-refractivity contribution in [3.05, 3.63) is 65.1 Å². The summed E-state index contributed by atoms with van der Waals surface area (Å²) in [6, 6.07) is 7.22. The Kier molecular flexibility index (Phi) is 3.46. The summed E-state index contributed by atoms with van der Waals surface area (Å²) >= 11 is 0. The van der Waals surface area contributed by atoms with E-state index in [0.29, 0.717) is 27.2 Å². The molecule has 0 saturated carbocycles. The third-order valence-electron chi connectivity index (χ3n) is 3.41. The van der Waals surface area contributed by atoms with Gasteiger partial charge in [-0.2, -0.15) is 4.73 Å². The van der Waals surface area contributed by atoms with Gasteiger partial charge in [0, 0.05) is 19.2 Å². The predicted molar refractivity (Wildman–Crippen MR) is 77.2 cm³/mol. The average molecular weight is 300 g/mol. The van der Waals surface area contributed by atoms with Gasteiger partial charge < -0.3 is 15.1 Å². The number of aromatic nitrogens is 3. The lowest BCUT2D eigenvalue weighted by Crippen LogP contribution is -2.28. The Morgan fingerprint density at radius 2 is 2.09 bits per heavy atom. The molecule has 0 bridgehead atoms. The van der Waals surface area contributed by atoms with Crippen LogP contribution in [0.25, 0.3) is 11.0 Å². The van der Waals surface area contributed by atoms with E-state index in [0.717, 1.165) is 0 Å². The first-order valence-electron chi connectivity index (χ1n) is 6.62. The van der Waals surface area contributed by atoms with Gasteiger partial charge >= 0.3 is 0 Å². The van der Waals surface area contributed by atoms with Crippen molar-refractivity contribution in [1.82, 2.24) is 14.9 Å². The van der Waals surface area contributed by atoms with Gasteiger partial charge in [0.1, 0.15) is 11.6 Å². The Morgan fingerprint density at radius 1 is 1.36 bits per heavy atom. The van der Waals surface area contributed by atoms with Crippen LogP contribution in [0.15, 0.2) is 42.7 Å². The summed E-state index contributed by atoms with van der Waals surface area (Å²) < 4.78 is 15.6. The summed E-state index contributed by atoms with van der Waals surface area (Å²) in [6.45, 7) is 0.206. The van der Waals surface area contributed by atoms with Gasteiger partial charge in [0.15, 0.2) is 12.4 Å². The number of halogens is 1. The van der Waals surface area contributed by atoms with Crippen LogP contribution in [0.5, 0.6) is 0 Å². The molecule has 1 N–H and O–H groups in total. The monoisotopic (exact) mass is 300 g/mol. The smallest absolute Gasteiger partial charge is 0.252 e. The van der Waals surface area contributed by atoms with Gasteiger partial charge in [-0.25, -0.2) is 9.37 Å². The fraction of sp³-hybridized carbons (Fsp3) is 0.133. The molecule has 0 aliphatic heterocycles. The maximum Gasteiger partial charge on any atom is 0.252 e. The van der Waals surface area contributed by atoms with Gasteiger partial charge in [0.05, 0.1) is 23.1 Å². The highest BCUT2D eigenvalue weighted by molar-refractivity contribution is 5.93. The number of carbonyl (C=O) groups excluding carboxylic acids is 1. The van der Waals surface area contributed by atoms with Crippen molar-refractivity contribution < 1.29 is 13.9 Å². The molecule has 22 heavy (non-hydrogen) atoms. The lowest BCUT2D eigenvalue weighted by atomic mass is 10.2. The van der Waals surface area contributed by atoms with Gasteiger partial charge in [0.25, 0.3) is 5.91 Å². The molecule has 1 amide bonds. The molecular formula is C15H13FN4O2. The zero-order valence-electron chi connectivity index (χ0n) is 11.8. The molecule has 0 spiro atoms. The van der Waals surface area contributed by atoms with Gasteiger partial charge in [-0.15, -0.1) is 0 Å². The molecule has 3 rings (SSSR count). The molecule has 112 valence electrons. The van der Waals surface area contributed by atoms with Gasteiger partial charge in [-0.1, -0.05) is 0 Å².